The summed E-state index contributed by atoms with van der Waals surface area (Å²) in [5.74, 6) is 0. The fraction of sp³-hybridized carbons (Fsp3) is 0.714. The maximum atomic E-state index is 12.0. The lowest BCUT2D eigenvalue weighted by Crippen LogP contribution is -1.87. The molecule has 0 heterocycles. The van der Waals surface area contributed by atoms with Gasteiger partial charge in [-0.25, -0.2) is 4.39 Å². The van der Waals surface area contributed by atoms with Gasteiger partial charge >= 0.3 is 0 Å². The minimum atomic E-state index is -0.690. The van der Waals surface area contributed by atoms with E-state index < -0.39 is 6.17 Å². The predicted octanol–water partition coefficient (Wildman–Crippen LogP) is 2.70. The van der Waals surface area contributed by atoms with Gasteiger partial charge in [0, 0.05) is 0 Å². The van der Waals surface area contributed by atoms with Crippen molar-refractivity contribution < 1.29 is 4.39 Å². The fourth-order valence-electron chi connectivity index (χ4n) is 0.398. The van der Waals surface area contributed by atoms with Gasteiger partial charge in [-0.2, -0.15) is 0 Å². The molecule has 0 bridgehead atoms. The molecule has 0 saturated heterocycles. The van der Waals surface area contributed by atoms with E-state index in [2.05, 4.69) is 0 Å². The molecule has 0 aromatic rings. The van der Waals surface area contributed by atoms with E-state index >= 15 is 0 Å². The topological polar surface area (TPSA) is 0 Å². The summed E-state index contributed by atoms with van der Waals surface area (Å²) in [7, 11) is 0. The van der Waals surface area contributed by atoms with E-state index in [9.17, 15) is 4.39 Å². The van der Waals surface area contributed by atoms with Gasteiger partial charge in [0.15, 0.2) is 0 Å². The Morgan fingerprint density at radius 1 is 1.62 bits per heavy atom. The van der Waals surface area contributed by atoms with Crippen molar-refractivity contribution in [2.45, 2.75) is 33.4 Å². The highest BCUT2D eigenvalue weighted by molar-refractivity contribution is 4.93. The highest BCUT2D eigenvalue weighted by Gasteiger charge is 1.91. The summed E-state index contributed by atoms with van der Waals surface area (Å²) in [5, 5.41) is 0. The normalized spacial score (nSPS) is 13.0. The van der Waals surface area contributed by atoms with Crippen LogP contribution >= 0.6 is 0 Å². The van der Waals surface area contributed by atoms with Gasteiger partial charge in [-0.3, -0.25) is 0 Å². The Morgan fingerprint density at radius 2 is 2.12 bits per heavy atom. The van der Waals surface area contributed by atoms with E-state index in [1.54, 1.807) is 6.92 Å². The molecule has 0 spiro atoms. The van der Waals surface area contributed by atoms with Gasteiger partial charge in [-0.1, -0.05) is 11.6 Å². The molecule has 0 aliphatic heterocycles. The van der Waals surface area contributed by atoms with Crippen molar-refractivity contribution in [3.63, 3.8) is 0 Å². The lowest BCUT2D eigenvalue weighted by molar-refractivity contribution is 0.365. The van der Waals surface area contributed by atoms with Crippen molar-refractivity contribution >= 4 is 0 Å². The summed E-state index contributed by atoms with van der Waals surface area (Å²) in [5.41, 5.74) is 1.19. The fourth-order valence-corrected chi connectivity index (χ4v) is 0.398. The average Bonchev–Trinajstić information content (AvgIpc) is 1.61. The number of halogens is 1. The molecule has 0 aromatic carbocycles. The third kappa shape index (κ3) is 5.67. The van der Waals surface area contributed by atoms with Crippen LogP contribution in [-0.2, 0) is 0 Å². The molecule has 0 amide bonds. The van der Waals surface area contributed by atoms with E-state index in [1.165, 1.54) is 5.57 Å². The largest absolute Gasteiger partial charge is 0.247 e. The lowest BCUT2D eigenvalue weighted by atomic mass is 10.2. The summed E-state index contributed by atoms with van der Waals surface area (Å²) in [4.78, 5) is 0. The van der Waals surface area contributed by atoms with Gasteiger partial charge in [0.1, 0.15) is 6.17 Å². The molecule has 1 unspecified atom stereocenters. The Balaban J connectivity index is 3.29. The van der Waals surface area contributed by atoms with Crippen LogP contribution in [0, 0.1) is 0 Å². The van der Waals surface area contributed by atoms with Crippen LogP contribution in [0.2, 0.25) is 0 Å². The van der Waals surface area contributed by atoms with Crippen molar-refractivity contribution in [3.8, 4) is 0 Å². The second kappa shape index (κ2) is 3.65. The van der Waals surface area contributed by atoms with Crippen LogP contribution in [0.4, 0.5) is 4.39 Å². The Kier molecular flexibility index (Phi) is 3.49. The van der Waals surface area contributed by atoms with Gasteiger partial charge in [-0.15, -0.1) is 0 Å². The van der Waals surface area contributed by atoms with E-state index in [1.807, 2.05) is 19.9 Å². The van der Waals surface area contributed by atoms with E-state index in [0.717, 1.165) is 0 Å². The van der Waals surface area contributed by atoms with Crippen LogP contribution in [0.25, 0.3) is 0 Å². The third-order valence-corrected chi connectivity index (χ3v) is 0.851. The molecule has 48 valence electrons. The number of hydrogen-bond acceptors (Lipinski definition) is 0. The summed E-state index contributed by atoms with van der Waals surface area (Å²) in [6.07, 6.45) is 1.78. The summed E-state index contributed by atoms with van der Waals surface area (Å²) in [6.45, 7) is 5.52. The number of rotatable bonds is 2. The molecule has 0 rings (SSSR count). The SMILES string of the molecule is CC(C)=CCC(C)F. The minimum absolute atomic E-state index is 0.558. The molecule has 8 heavy (non-hydrogen) atoms. The zero-order chi connectivity index (χ0) is 6.57. The first-order chi connectivity index (χ1) is 3.63. The molecular weight excluding hydrogens is 103 g/mol. The van der Waals surface area contributed by atoms with Crippen molar-refractivity contribution in [2.75, 3.05) is 0 Å². The van der Waals surface area contributed by atoms with Crippen molar-refractivity contribution in [2.24, 2.45) is 0 Å². The third-order valence-electron chi connectivity index (χ3n) is 0.851. The Hall–Kier alpha value is -0.330. The molecule has 1 atom stereocenters. The molecule has 0 nitrogen and oxygen atoms in total. The van der Waals surface area contributed by atoms with E-state index in [-0.39, 0.29) is 0 Å². The molecule has 0 radical (unpaired) electrons. The highest BCUT2D eigenvalue weighted by Crippen LogP contribution is 1.99. The molecule has 1 heteroatoms. The first kappa shape index (κ1) is 7.67. The molecular formula is C7H13F. The Bertz CT molecular complexity index is 78.4. The van der Waals surface area contributed by atoms with Gasteiger partial charge < -0.3 is 0 Å². The van der Waals surface area contributed by atoms with Crippen LogP contribution in [0.1, 0.15) is 27.2 Å². The maximum absolute atomic E-state index is 12.0. The minimum Gasteiger partial charge on any atom is -0.247 e. The van der Waals surface area contributed by atoms with Crippen molar-refractivity contribution in [1.82, 2.24) is 0 Å². The quantitative estimate of drug-likeness (QED) is 0.486. The van der Waals surface area contributed by atoms with Gasteiger partial charge in [0.25, 0.3) is 0 Å². The average molecular weight is 116 g/mol. The van der Waals surface area contributed by atoms with Crippen molar-refractivity contribution in [3.05, 3.63) is 11.6 Å². The Labute approximate surface area is 50.4 Å². The predicted molar refractivity (Wildman–Crippen MR) is 34.6 cm³/mol. The zero-order valence-corrected chi connectivity index (χ0v) is 5.74. The number of allylic oxidation sites excluding steroid dienone is 2. The lowest BCUT2D eigenvalue weighted by Gasteiger charge is -1.93. The van der Waals surface area contributed by atoms with Gasteiger partial charge in [-0.05, 0) is 27.2 Å². The molecule has 0 aromatic heterocycles. The monoisotopic (exact) mass is 116 g/mol. The van der Waals surface area contributed by atoms with Gasteiger partial charge in [0.2, 0.25) is 0 Å². The standard InChI is InChI=1S/C7H13F/c1-6(2)4-5-7(3)8/h4,7H,5H2,1-3H3. The second-order valence-electron chi connectivity index (χ2n) is 2.30. The summed E-state index contributed by atoms with van der Waals surface area (Å²) < 4.78 is 12.0. The van der Waals surface area contributed by atoms with Crippen LogP contribution in [0.3, 0.4) is 0 Å². The smallest absolute Gasteiger partial charge is 0.101 e. The summed E-state index contributed by atoms with van der Waals surface area (Å²) >= 11 is 0. The van der Waals surface area contributed by atoms with E-state index in [4.69, 9.17) is 0 Å². The second-order valence-corrected chi connectivity index (χ2v) is 2.30. The first-order valence-electron chi connectivity index (χ1n) is 2.90. The molecule has 0 saturated carbocycles. The van der Waals surface area contributed by atoms with Crippen LogP contribution in [0.15, 0.2) is 11.6 Å². The highest BCUT2D eigenvalue weighted by atomic mass is 19.1. The van der Waals surface area contributed by atoms with E-state index in [0.29, 0.717) is 6.42 Å². The number of hydrogen-bond donors (Lipinski definition) is 0. The van der Waals surface area contributed by atoms with Crippen LogP contribution < -0.4 is 0 Å². The van der Waals surface area contributed by atoms with Crippen molar-refractivity contribution in [1.29, 1.82) is 0 Å². The first-order valence-corrected chi connectivity index (χ1v) is 2.90. The Morgan fingerprint density at radius 3 is 2.25 bits per heavy atom. The maximum Gasteiger partial charge on any atom is 0.101 e. The van der Waals surface area contributed by atoms with Gasteiger partial charge in [0.05, 0.1) is 0 Å². The number of alkyl halides is 1. The molecule has 0 N–H and O–H groups in total. The van der Waals surface area contributed by atoms with Crippen LogP contribution in [-0.4, -0.2) is 6.17 Å². The zero-order valence-electron chi connectivity index (χ0n) is 5.74. The molecule has 0 aliphatic carbocycles. The summed E-state index contributed by atoms with van der Waals surface area (Å²) in [6, 6.07) is 0. The molecule has 0 aliphatic rings. The molecule has 0 fully saturated rings. The van der Waals surface area contributed by atoms with Crippen LogP contribution in [0.5, 0.6) is 0 Å².